The molecule has 1 aliphatic carbocycles. The van der Waals surface area contributed by atoms with E-state index in [-0.39, 0.29) is 12.5 Å². The largest absolute Gasteiger partial charge is 0.481 e. The van der Waals surface area contributed by atoms with Gasteiger partial charge >= 0.3 is 5.97 Å². The quantitative estimate of drug-likeness (QED) is 0.733. The molecule has 2 unspecified atom stereocenters. The predicted octanol–water partition coefficient (Wildman–Crippen LogP) is 2.79. The predicted molar refractivity (Wildman–Crippen MR) is 65.2 cm³/mol. The second-order valence-electron chi connectivity index (χ2n) is 5.31. The Morgan fingerprint density at radius 2 is 1.94 bits per heavy atom. The molecule has 2 atom stereocenters. The van der Waals surface area contributed by atoms with Crippen LogP contribution in [0.25, 0.3) is 0 Å². The van der Waals surface area contributed by atoms with Gasteiger partial charge in [-0.25, -0.2) is 0 Å². The minimum absolute atomic E-state index is 0.109. The summed E-state index contributed by atoms with van der Waals surface area (Å²) < 4.78 is 0. The molecule has 3 heteroatoms. The summed E-state index contributed by atoms with van der Waals surface area (Å²) in [6.07, 6.45) is 8.89. The summed E-state index contributed by atoms with van der Waals surface area (Å²) in [4.78, 5) is 10.5. The van der Waals surface area contributed by atoms with Crippen molar-refractivity contribution in [3.63, 3.8) is 0 Å². The molecule has 0 aromatic carbocycles. The van der Waals surface area contributed by atoms with Crippen molar-refractivity contribution < 1.29 is 9.90 Å². The van der Waals surface area contributed by atoms with Gasteiger partial charge in [0.2, 0.25) is 0 Å². The molecular weight excluding hydrogens is 202 g/mol. The van der Waals surface area contributed by atoms with Crippen LogP contribution in [-0.2, 0) is 4.79 Å². The smallest absolute Gasteiger partial charge is 0.304 e. The topological polar surface area (TPSA) is 63.3 Å². The molecule has 0 spiro atoms. The highest BCUT2D eigenvalue weighted by Gasteiger charge is 2.20. The normalized spacial score (nSPS) is 21.6. The molecule has 94 valence electrons. The van der Waals surface area contributed by atoms with Gasteiger partial charge in [-0.2, -0.15) is 0 Å². The number of aliphatic carboxylic acids is 1. The summed E-state index contributed by atoms with van der Waals surface area (Å²) in [5.74, 6) is 0.781. The third-order valence-electron chi connectivity index (χ3n) is 3.88. The molecule has 1 saturated carbocycles. The van der Waals surface area contributed by atoms with Crippen molar-refractivity contribution in [2.24, 2.45) is 17.6 Å². The average molecular weight is 227 g/mol. The van der Waals surface area contributed by atoms with E-state index >= 15 is 0 Å². The van der Waals surface area contributed by atoms with E-state index in [1.807, 2.05) is 0 Å². The van der Waals surface area contributed by atoms with Crippen LogP contribution >= 0.6 is 0 Å². The minimum atomic E-state index is -0.780. The van der Waals surface area contributed by atoms with Gasteiger partial charge in [0.05, 0.1) is 6.42 Å². The highest BCUT2D eigenvalue weighted by Crippen LogP contribution is 2.32. The highest BCUT2D eigenvalue weighted by molar-refractivity contribution is 5.67. The Morgan fingerprint density at radius 3 is 2.50 bits per heavy atom. The van der Waals surface area contributed by atoms with E-state index in [0.29, 0.717) is 5.92 Å². The Bertz CT molecular complexity index is 212. The fourth-order valence-electron chi connectivity index (χ4n) is 2.74. The third kappa shape index (κ3) is 4.97. The van der Waals surface area contributed by atoms with Gasteiger partial charge in [0.15, 0.2) is 0 Å². The number of rotatable bonds is 6. The molecule has 3 nitrogen and oxygen atoms in total. The van der Waals surface area contributed by atoms with Gasteiger partial charge < -0.3 is 10.8 Å². The molecule has 3 N–H and O–H groups in total. The van der Waals surface area contributed by atoms with E-state index in [2.05, 4.69) is 6.92 Å². The zero-order chi connectivity index (χ0) is 12.0. The zero-order valence-corrected chi connectivity index (χ0v) is 10.3. The summed E-state index contributed by atoms with van der Waals surface area (Å²) in [5, 5.41) is 8.62. The molecule has 0 aromatic heterocycles. The van der Waals surface area contributed by atoms with Crippen molar-refractivity contribution in [2.45, 2.75) is 64.3 Å². The van der Waals surface area contributed by atoms with Crippen LogP contribution in [0.1, 0.15) is 58.3 Å². The number of hydrogen-bond donors (Lipinski definition) is 2. The third-order valence-corrected chi connectivity index (χ3v) is 3.88. The monoisotopic (exact) mass is 227 g/mol. The average Bonchev–Trinajstić information content (AvgIpc) is 2.26. The molecule has 0 aliphatic heterocycles. The van der Waals surface area contributed by atoms with Crippen molar-refractivity contribution in [2.75, 3.05) is 0 Å². The number of carbonyl (C=O) groups is 1. The number of hydrogen-bond acceptors (Lipinski definition) is 2. The summed E-state index contributed by atoms with van der Waals surface area (Å²) in [6.45, 7) is 2.30. The molecule has 0 amide bonds. The standard InChI is InChI=1S/C13H25NO2/c1-10(11-5-3-2-4-6-11)7-8-12(14)9-13(15)16/h10-12H,2-9,14H2,1H3,(H,15,16). The Morgan fingerprint density at radius 1 is 1.31 bits per heavy atom. The van der Waals surface area contributed by atoms with Crippen LogP contribution in [0, 0.1) is 11.8 Å². The molecule has 0 saturated heterocycles. The molecule has 0 heterocycles. The molecule has 1 fully saturated rings. The second-order valence-corrected chi connectivity index (χ2v) is 5.31. The van der Waals surface area contributed by atoms with E-state index in [4.69, 9.17) is 10.8 Å². The van der Waals surface area contributed by atoms with Crippen LogP contribution in [0.4, 0.5) is 0 Å². The maximum Gasteiger partial charge on any atom is 0.304 e. The number of nitrogens with two attached hydrogens (primary N) is 1. The van der Waals surface area contributed by atoms with Crippen molar-refractivity contribution in [3.8, 4) is 0 Å². The molecular formula is C13H25NO2. The van der Waals surface area contributed by atoms with E-state index in [1.165, 1.54) is 32.1 Å². The first-order valence-electron chi connectivity index (χ1n) is 6.57. The first kappa shape index (κ1) is 13.5. The van der Waals surface area contributed by atoms with Gasteiger partial charge in [0.1, 0.15) is 0 Å². The fourth-order valence-corrected chi connectivity index (χ4v) is 2.74. The summed E-state index contributed by atoms with van der Waals surface area (Å²) in [5.41, 5.74) is 5.77. The lowest BCUT2D eigenvalue weighted by atomic mass is 9.78. The maximum atomic E-state index is 10.5. The lowest BCUT2D eigenvalue weighted by Crippen LogP contribution is -2.25. The van der Waals surface area contributed by atoms with Crippen LogP contribution < -0.4 is 5.73 Å². The highest BCUT2D eigenvalue weighted by atomic mass is 16.4. The first-order chi connectivity index (χ1) is 7.59. The van der Waals surface area contributed by atoms with Gasteiger partial charge in [0, 0.05) is 6.04 Å². The molecule has 0 radical (unpaired) electrons. The van der Waals surface area contributed by atoms with Crippen molar-refractivity contribution in [3.05, 3.63) is 0 Å². The molecule has 1 rings (SSSR count). The molecule has 0 bridgehead atoms. The zero-order valence-electron chi connectivity index (χ0n) is 10.3. The van der Waals surface area contributed by atoms with Crippen LogP contribution in [0.5, 0.6) is 0 Å². The van der Waals surface area contributed by atoms with E-state index < -0.39 is 5.97 Å². The van der Waals surface area contributed by atoms with E-state index in [1.54, 1.807) is 0 Å². The Hall–Kier alpha value is -0.570. The number of carboxylic acid groups (broad SMARTS) is 1. The summed E-state index contributed by atoms with van der Waals surface area (Å²) >= 11 is 0. The van der Waals surface area contributed by atoms with Crippen LogP contribution in [0.3, 0.4) is 0 Å². The minimum Gasteiger partial charge on any atom is -0.481 e. The number of carboxylic acids is 1. The van der Waals surface area contributed by atoms with Crippen molar-refractivity contribution in [1.29, 1.82) is 0 Å². The molecule has 1 aliphatic rings. The lowest BCUT2D eigenvalue weighted by molar-refractivity contribution is -0.137. The summed E-state index contributed by atoms with van der Waals surface area (Å²) in [6, 6.07) is -0.163. The SMILES string of the molecule is CC(CCC(N)CC(=O)O)C1CCCCC1. The maximum absolute atomic E-state index is 10.5. The van der Waals surface area contributed by atoms with E-state index in [9.17, 15) is 4.79 Å². The van der Waals surface area contributed by atoms with Crippen LogP contribution in [-0.4, -0.2) is 17.1 Å². The van der Waals surface area contributed by atoms with Crippen molar-refractivity contribution >= 4 is 5.97 Å². The van der Waals surface area contributed by atoms with Gasteiger partial charge in [-0.1, -0.05) is 39.0 Å². The van der Waals surface area contributed by atoms with Crippen LogP contribution in [0.2, 0.25) is 0 Å². The second kappa shape index (κ2) is 6.89. The van der Waals surface area contributed by atoms with E-state index in [0.717, 1.165) is 18.8 Å². The fraction of sp³-hybridized carbons (Fsp3) is 0.923. The molecule has 0 aromatic rings. The first-order valence-corrected chi connectivity index (χ1v) is 6.57. The molecule has 16 heavy (non-hydrogen) atoms. The van der Waals surface area contributed by atoms with Gasteiger partial charge in [-0.15, -0.1) is 0 Å². The van der Waals surface area contributed by atoms with Crippen molar-refractivity contribution in [1.82, 2.24) is 0 Å². The lowest BCUT2D eigenvalue weighted by Gasteiger charge is -2.28. The van der Waals surface area contributed by atoms with Gasteiger partial charge in [0.25, 0.3) is 0 Å². The van der Waals surface area contributed by atoms with Crippen LogP contribution in [0.15, 0.2) is 0 Å². The van der Waals surface area contributed by atoms with Gasteiger partial charge in [-0.05, 0) is 24.7 Å². The van der Waals surface area contributed by atoms with Gasteiger partial charge in [-0.3, -0.25) is 4.79 Å². The Labute approximate surface area is 98.4 Å². The Kier molecular flexibility index (Phi) is 5.81. The summed E-state index contributed by atoms with van der Waals surface area (Å²) in [7, 11) is 0. The Balaban J connectivity index is 2.17.